The van der Waals surface area contributed by atoms with E-state index in [9.17, 15) is 30.7 Å². The van der Waals surface area contributed by atoms with Crippen molar-refractivity contribution in [2.75, 3.05) is 7.05 Å². The largest absolute Gasteiger partial charge is 0.434 e. The van der Waals surface area contributed by atoms with Gasteiger partial charge in [-0.15, -0.1) is 35.3 Å². The van der Waals surface area contributed by atoms with Gasteiger partial charge in [-0.25, -0.2) is 9.37 Å². The van der Waals surface area contributed by atoms with Crippen LogP contribution in [0.4, 0.5) is 30.7 Å². The lowest BCUT2D eigenvalue weighted by molar-refractivity contribution is -0.141. The van der Waals surface area contributed by atoms with Crippen molar-refractivity contribution in [2.24, 2.45) is 4.99 Å². The lowest BCUT2D eigenvalue weighted by Gasteiger charge is -2.15. The van der Waals surface area contributed by atoms with Gasteiger partial charge in [0.05, 0.1) is 12.1 Å². The van der Waals surface area contributed by atoms with E-state index in [1.807, 2.05) is 0 Å². The smallest absolute Gasteiger partial charge is 0.352 e. The summed E-state index contributed by atoms with van der Waals surface area (Å²) in [5.41, 5.74) is -2.35. The molecule has 0 unspecified atom stereocenters. The molecule has 13 heteroatoms. The number of alkyl halides is 6. The number of guanidine groups is 1. The molecule has 1 aromatic carbocycles. The van der Waals surface area contributed by atoms with Crippen molar-refractivity contribution >= 4 is 41.3 Å². The topological polar surface area (TPSA) is 49.3 Å². The average molecular weight is 542 g/mol. The molecule has 0 radical (unpaired) electrons. The molecule has 28 heavy (non-hydrogen) atoms. The number of benzene rings is 1. The van der Waals surface area contributed by atoms with E-state index >= 15 is 0 Å². The van der Waals surface area contributed by atoms with E-state index in [-0.39, 0.29) is 53.6 Å². The van der Waals surface area contributed by atoms with Crippen molar-refractivity contribution in [3.63, 3.8) is 0 Å². The fourth-order valence-corrected chi connectivity index (χ4v) is 2.79. The van der Waals surface area contributed by atoms with Gasteiger partial charge in [0.15, 0.2) is 11.7 Å². The highest BCUT2D eigenvalue weighted by Gasteiger charge is 2.34. The summed E-state index contributed by atoms with van der Waals surface area (Å²) in [5.74, 6) is -0.964. The van der Waals surface area contributed by atoms with Crippen molar-refractivity contribution in [1.82, 2.24) is 15.6 Å². The summed E-state index contributed by atoms with van der Waals surface area (Å²) in [6.45, 7) is -0.420. The zero-order chi connectivity index (χ0) is 20.2. The van der Waals surface area contributed by atoms with Gasteiger partial charge in [-0.3, -0.25) is 4.99 Å². The molecule has 0 saturated heterocycles. The minimum atomic E-state index is -4.73. The van der Waals surface area contributed by atoms with Crippen LogP contribution in [0.5, 0.6) is 0 Å². The molecule has 0 fully saturated rings. The van der Waals surface area contributed by atoms with Gasteiger partial charge in [-0.1, -0.05) is 6.07 Å². The molecule has 4 nitrogen and oxygen atoms in total. The van der Waals surface area contributed by atoms with Gasteiger partial charge >= 0.3 is 12.4 Å². The quantitative estimate of drug-likeness (QED) is 0.253. The second-order valence-electron chi connectivity index (χ2n) is 5.20. The second kappa shape index (κ2) is 9.71. The predicted octanol–water partition coefficient (Wildman–Crippen LogP) is 4.80. The van der Waals surface area contributed by atoms with E-state index in [2.05, 4.69) is 20.6 Å². The Morgan fingerprint density at radius 3 is 2.25 bits per heavy atom. The Kier molecular flexibility index (Phi) is 8.46. The molecule has 2 N–H and O–H groups in total. The molecule has 0 atom stereocenters. The third kappa shape index (κ3) is 6.76. The Balaban J connectivity index is 0.00000392. The van der Waals surface area contributed by atoms with E-state index < -0.39 is 29.4 Å². The molecule has 0 aliphatic heterocycles. The van der Waals surface area contributed by atoms with E-state index in [1.54, 1.807) is 0 Å². The summed E-state index contributed by atoms with van der Waals surface area (Å²) in [5, 5.41) is 6.24. The normalized spacial score (nSPS) is 12.5. The number of aliphatic imine (C=N–C) groups is 1. The van der Waals surface area contributed by atoms with E-state index in [0.29, 0.717) is 6.07 Å². The molecule has 0 spiro atoms. The van der Waals surface area contributed by atoms with Gasteiger partial charge in [0.25, 0.3) is 0 Å². The van der Waals surface area contributed by atoms with Crippen LogP contribution in [0.3, 0.4) is 0 Å². The number of nitrogens with one attached hydrogen (secondary N) is 2. The van der Waals surface area contributed by atoms with Crippen molar-refractivity contribution in [1.29, 1.82) is 0 Å². The molecular weight excluding hydrogens is 528 g/mol. The number of halogens is 8. The SMILES string of the molecule is CN=C(NCc1nc(C(F)(F)F)cs1)NCc1ccc(F)cc1C(F)(F)F.I. The first kappa shape index (κ1) is 24.4. The van der Waals surface area contributed by atoms with Crippen molar-refractivity contribution < 1.29 is 30.7 Å². The van der Waals surface area contributed by atoms with E-state index in [4.69, 9.17) is 0 Å². The van der Waals surface area contributed by atoms with Crippen LogP contribution >= 0.6 is 35.3 Å². The van der Waals surface area contributed by atoms with Crippen LogP contribution in [0.25, 0.3) is 0 Å². The first-order chi connectivity index (χ1) is 12.5. The monoisotopic (exact) mass is 542 g/mol. The van der Waals surface area contributed by atoms with Gasteiger partial charge in [-0.2, -0.15) is 26.3 Å². The third-order valence-corrected chi connectivity index (χ3v) is 4.15. The van der Waals surface area contributed by atoms with Gasteiger partial charge in [0, 0.05) is 19.0 Å². The number of hydrogen-bond donors (Lipinski definition) is 2. The maximum absolute atomic E-state index is 13.1. The highest BCUT2D eigenvalue weighted by molar-refractivity contribution is 14.0. The molecule has 2 aromatic rings. The first-order valence-electron chi connectivity index (χ1n) is 7.32. The Morgan fingerprint density at radius 1 is 1.07 bits per heavy atom. The van der Waals surface area contributed by atoms with Crippen LogP contribution in [0.2, 0.25) is 0 Å². The average Bonchev–Trinajstić information content (AvgIpc) is 3.04. The Labute approximate surface area is 176 Å². The number of hydrogen-bond acceptors (Lipinski definition) is 3. The van der Waals surface area contributed by atoms with Gasteiger partial charge < -0.3 is 10.6 Å². The standard InChI is InChI=1S/C15H13F7N4S.HI/c1-23-13(25-6-12-26-11(7-27-12)15(20,21)22)24-5-8-2-3-9(16)4-10(8)14(17,18)19;/h2-4,7H,5-6H2,1H3,(H2,23,24,25);1H. The summed E-state index contributed by atoms with van der Waals surface area (Å²) in [6.07, 6.45) is -9.28. The van der Waals surface area contributed by atoms with Crippen LogP contribution in [-0.4, -0.2) is 18.0 Å². The van der Waals surface area contributed by atoms with Crippen LogP contribution in [0, 0.1) is 5.82 Å². The van der Waals surface area contributed by atoms with E-state index in [1.165, 1.54) is 7.05 Å². The predicted molar refractivity (Wildman–Crippen MR) is 101 cm³/mol. The van der Waals surface area contributed by atoms with Crippen LogP contribution < -0.4 is 10.6 Å². The Morgan fingerprint density at radius 2 is 1.71 bits per heavy atom. The Bertz CT molecular complexity index is 817. The Hall–Kier alpha value is -1.64. The minimum Gasteiger partial charge on any atom is -0.352 e. The zero-order valence-corrected chi connectivity index (χ0v) is 17.2. The number of thiazole rings is 1. The maximum atomic E-state index is 13.1. The molecule has 0 saturated carbocycles. The highest BCUT2D eigenvalue weighted by atomic mass is 127. The summed E-state index contributed by atoms with van der Waals surface area (Å²) < 4.78 is 89.5. The first-order valence-corrected chi connectivity index (χ1v) is 8.20. The van der Waals surface area contributed by atoms with Crippen LogP contribution in [0.15, 0.2) is 28.6 Å². The second-order valence-corrected chi connectivity index (χ2v) is 6.15. The minimum absolute atomic E-state index is 0. The van der Waals surface area contributed by atoms with Gasteiger partial charge in [0.1, 0.15) is 10.8 Å². The zero-order valence-electron chi connectivity index (χ0n) is 14.1. The molecule has 2 rings (SSSR count). The summed E-state index contributed by atoms with van der Waals surface area (Å²) in [4.78, 5) is 7.20. The lowest BCUT2D eigenvalue weighted by atomic mass is 10.1. The fraction of sp³-hybridized carbons (Fsp3) is 0.333. The molecule has 1 heterocycles. The molecule has 0 aliphatic carbocycles. The molecule has 0 amide bonds. The van der Waals surface area contributed by atoms with Crippen molar-refractivity contribution in [2.45, 2.75) is 25.4 Å². The summed E-state index contributed by atoms with van der Waals surface area (Å²) >= 11 is 0.784. The fourth-order valence-electron chi connectivity index (χ4n) is 2.05. The maximum Gasteiger partial charge on any atom is 0.434 e. The number of aromatic nitrogens is 1. The van der Waals surface area contributed by atoms with Gasteiger partial charge in [-0.05, 0) is 17.7 Å². The van der Waals surface area contributed by atoms with Crippen LogP contribution in [0.1, 0.15) is 21.8 Å². The van der Waals surface area contributed by atoms with Crippen molar-refractivity contribution in [3.8, 4) is 0 Å². The molecule has 1 aromatic heterocycles. The lowest BCUT2D eigenvalue weighted by Crippen LogP contribution is -2.36. The van der Waals surface area contributed by atoms with Crippen molar-refractivity contribution in [3.05, 3.63) is 51.2 Å². The highest BCUT2D eigenvalue weighted by Crippen LogP contribution is 2.32. The van der Waals surface area contributed by atoms with E-state index in [0.717, 1.165) is 28.8 Å². The molecule has 0 bridgehead atoms. The molecular formula is C15H14F7IN4S. The molecule has 0 aliphatic rings. The number of rotatable bonds is 4. The van der Waals surface area contributed by atoms with Gasteiger partial charge in [0.2, 0.25) is 0 Å². The van der Waals surface area contributed by atoms with Crippen LogP contribution in [-0.2, 0) is 25.4 Å². The molecule has 156 valence electrons. The summed E-state index contributed by atoms with van der Waals surface area (Å²) in [7, 11) is 1.34. The third-order valence-electron chi connectivity index (χ3n) is 3.30. The number of nitrogens with zero attached hydrogens (tertiary/aromatic N) is 2. The summed E-state index contributed by atoms with van der Waals surface area (Å²) in [6, 6.07) is 2.28.